The van der Waals surface area contributed by atoms with Gasteiger partial charge in [0.2, 0.25) is 5.65 Å². The lowest BCUT2D eigenvalue weighted by Gasteiger charge is -2.06. The van der Waals surface area contributed by atoms with E-state index >= 15 is 0 Å². The van der Waals surface area contributed by atoms with Crippen LogP contribution in [0.1, 0.15) is 30.4 Å². The first-order valence-electron chi connectivity index (χ1n) is 6.59. The summed E-state index contributed by atoms with van der Waals surface area (Å²) in [5.41, 5.74) is 0.706. The monoisotopic (exact) mass is 270 g/mol. The van der Waals surface area contributed by atoms with Crippen molar-refractivity contribution in [2.45, 2.75) is 25.3 Å². The van der Waals surface area contributed by atoms with Gasteiger partial charge in [-0.2, -0.15) is 0 Å². The molecule has 0 radical (unpaired) electrons. The molecular weight excluding hydrogens is 256 g/mol. The standard InChI is InChI=1S/C12H14N8/c1-19-9(16-18-11(19)8-2-3-8)6-14-10-12-17-15-7-20(12)5-4-13-10/h4-5,7-8H,2-3,6H2,1H3,(H,13,14). The second-order valence-corrected chi connectivity index (χ2v) is 5.00. The summed E-state index contributed by atoms with van der Waals surface area (Å²) >= 11 is 0. The van der Waals surface area contributed by atoms with E-state index in [1.54, 1.807) is 12.5 Å². The molecule has 3 aromatic rings. The van der Waals surface area contributed by atoms with Crippen LogP contribution in [0.4, 0.5) is 5.82 Å². The fourth-order valence-electron chi connectivity index (χ4n) is 2.27. The number of aromatic nitrogens is 7. The van der Waals surface area contributed by atoms with Crippen molar-refractivity contribution in [2.24, 2.45) is 7.05 Å². The maximum absolute atomic E-state index is 4.29. The lowest BCUT2D eigenvalue weighted by Crippen LogP contribution is -2.09. The van der Waals surface area contributed by atoms with Crippen LogP contribution in [0, 0.1) is 0 Å². The quantitative estimate of drug-likeness (QED) is 0.752. The highest BCUT2D eigenvalue weighted by Crippen LogP contribution is 2.38. The predicted octanol–water partition coefficient (Wildman–Crippen LogP) is 0.742. The largest absolute Gasteiger partial charge is 0.360 e. The minimum absolute atomic E-state index is 0.565. The van der Waals surface area contributed by atoms with Crippen molar-refractivity contribution in [1.29, 1.82) is 0 Å². The molecule has 0 amide bonds. The van der Waals surface area contributed by atoms with Crippen molar-refractivity contribution < 1.29 is 0 Å². The molecule has 1 saturated carbocycles. The van der Waals surface area contributed by atoms with E-state index in [0.717, 1.165) is 11.6 Å². The summed E-state index contributed by atoms with van der Waals surface area (Å²) in [4.78, 5) is 4.29. The summed E-state index contributed by atoms with van der Waals surface area (Å²) in [6.07, 6.45) is 7.62. The Balaban J connectivity index is 1.56. The van der Waals surface area contributed by atoms with Crippen molar-refractivity contribution in [2.75, 3.05) is 5.32 Å². The molecule has 102 valence electrons. The van der Waals surface area contributed by atoms with Crippen LogP contribution >= 0.6 is 0 Å². The number of nitrogens with zero attached hydrogens (tertiary/aromatic N) is 7. The molecule has 0 spiro atoms. The maximum Gasteiger partial charge on any atom is 0.203 e. The van der Waals surface area contributed by atoms with Crippen molar-refractivity contribution in [1.82, 2.24) is 34.3 Å². The molecule has 0 unspecified atom stereocenters. The van der Waals surface area contributed by atoms with E-state index < -0.39 is 0 Å². The Labute approximate surface area is 114 Å². The highest BCUT2D eigenvalue weighted by molar-refractivity contribution is 5.61. The van der Waals surface area contributed by atoms with E-state index in [-0.39, 0.29) is 0 Å². The average molecular weight is 270 g/mol. The number of hydrogen-bond acceptors (Lipinski definition) is 6. The van der Waals surface area contributed by atoms with Gasteiger partial charge in [-0.15, -0.1) is 20.4 Å². The number of hydrogen-bond donors (Lipinski definition) is 1. The third-order valence-electron chi connectivity index (χ3n) is 3.57. The molecule has 4 rings (SSSR count). The van der Waals surface area contributed by atoms with Gasteiger partial charge in [0, 0.05) is 25.4 Å². The third-order valence-corrected chi connectivity index (χ3v) is 3.57. The maximum atomic E-state index is 4.29. The first kappa shape index (κ1) is 11.3. The fraction of sp³-hybridized carbons (Fsp3) is 0.417. The number of anilines is 1. The summed E-state index contributed by atoms with van der Waals surface area (Å²) < 4.78 is 3.89. The van der Waals surface area contributed by atoms with Crippen molar-refractivity contribution in [3.63, 3.8) is 0 Å². The van der Waals surface area contributed by atoms with Gasteiger partial charge in [0.1, 0.15) is 12.2 Å². The van der Waals surface area contributed by atoms with Crippen LogP contribution in [0.25, 0.3) is 5.65 Å². The average Bonchev–Trinajstić information content (AvgIpc) is 3.06. The van der Waals surface area contributed by atoms with Gasteiger partial charge in [0.15, 0.2) is 11.6 Å². The first-order chi connectivity index (χ1) is 9.83. The molecule has 0 bridgehead atoms. The molecule has 0 saturated heterocycles. The topological polar surface area (TPSA) is 85.8 Å². The van der Waals surface area contributed by atoms with E-state index in [1.165, 1.54) is 12.8 Å². The van der Waals surface area contributed by atoms with Gasteiger partial charge in [-0.05, 0) is 12.8 Å². The Hall–Kier alpha value is -2.51. The van der Waals surface area contributed by atoms with Crippen LogP contribution in [0.2, 0.25) is 0 Å². The Morgan fingerprint density at radius 1 is 1.30 bits per heavy atom. The van der Waals surface area contributed by atoms with Gasteiger partial charge in [0.25, 0.3) is 0 Å². The Morgan fingerprint density at radius 3 is 3.05 bits per heavy atom. The zero-order valence-electron chi connectivity index (χ0n) is 11.1. The summed E-state index contributed by atoms with van der Waals surface area (Å²) in [6.45, 7) is 0.565. The second kappa shape index (κ2) is 4.26. The van der Waals surface area contributed by atoms with Gasteiger partial charge in [0.05, 0.1) is 6.54 Å². The highest BCUT2D eigenvalue weighted by atomic mass is 15.3. The Kier molecular flexibility index (Phi) is 2.41. The Morgan fingerprint density at radius 2 is 2.20 bits per heavy atom. The normalized spacial score (nSPS) is 14.8. The van der Waals surface area contributed by atoms with E-state index in [1.807, 2.05) is 17.6 Å². The van der Waals surface area contributed by atoms with Crippen LogP contribution in [0.5, 0.6) is 0 Å². The summed E-state index contributed by atoms with van der Waals surface area (Å²) in [5.74, 6) is 3.27. The Bertz CT molecular complexity index is 754. The third kappa shape index (κ3) is 1.80. The van der Waals surface area contributed by atoms with E-state index in [0.29, 0.717) is 23.9 Å². The van der Waals surface area contributed by atoms with Gasteiger partial charge >= 0.3 is 0 Å². The van der Waals surface area contributed by atoms with Crippen molar-refractivity contribution in [3.05, 3.63) is 30.4 Å². The molecule has 20 heavy (non-hydrogen) atoms. The molecule has 3 aromatic heterocycles. The smallest absolute Gasteiger partial charge is 0.203 e. The lowest BCUT2D eigenvalue weighted by molar-refractivity contribution is 0.756. The molecule has 1 fully saturated rings. The summed E-state index contributed by atoms with van der Waals surface area (Å²) in [6, 6.07) is 0. The second-order valence-electron chi connectivity index (χ2n) is 5.00. The van der Waals surface area contributed by atoms with Gasteiger partial charge in [-0.25, -0.2) is 4.98 Å². The zero-order valence-corrected chi connectivity index (χ0v) is 11.1. The van der Waals surface area contributed by atoms with Crippen molar-refractivity contribution >= 4 is 11.5 Å². The minimum Gasteiger partial charge on any atom is -0.360 e. The molecular formula is C12H14N8. The highest BCUT2D eigenvalue weighted by Gasteiger charge is 2.29. The molecule has 1 aliphatic carbocycles. The molecule has 3 heterocycles. The van der Waals surface area contributed by atoms with Crippen molar-refractivity contribution in [3.8, 4) is 0 Å². The van der Waals surface area contributed by atoms with Gasteiger partial charge in [-0.1, -0.05) is 0 Å². The van der Waals surface area contributed by atoms with E-state index in [4.69, 9.17) is 0 Å². The van der Waals surface area contributed by atoms with Crippen LogP contribution in [-0.4, -0.2) is 34.3 Å². The zero-order chi connectivity index (χ0) is 13.5. The van der Waals surface area contributed by atoms with E-state index in [2.05, 4.69) is 35.3 Å². The molecule has 8 nitrogen and oxygen atoms in total. The fourth-order valence-corrected chi connectivity index (χ4v) is 2.27. The molecule has 0 aliphatic heterocycles. The SMILES string of the molecule is Cn1c(CNc2nccn3cnnc23)nnc1C1CC1. The molecule has 1 aliphatic rings. The first-order valence-corrected chi connectivity index (χ1v) is 6.59. The predicted molar refractivity (Wildman–Crippen MR) is 71.1 cm³/mol. The number of nitrogens with one attached hydrogen (secondary N) is 1. The van der Waals surface area contributed by atoms with Crippen LogP contribution in [0.3, 0.4) is 0 Å². The van der Waals surface area contributed by atoms with E-state index in [9.17, 15) is 0 Å². The summed E-state index contributed by atoms with van der Waals surface area (Å²) in [5, 5.41) is 19.7. The summed E-state index contributed by atoms with van der Waals surface area (Å²) in [7, 11) is 2.01. The van der Waals surface area contributed by atoms with Gasteiger partial charge in [-0.3, -0.25) is 4.40 Å². The molecule has 1 N–H and O–H groups in total. The van der Waals surface area contributed by atoms with Crippen LogP contribution in [0.15, 0.2) is 18.7 Å². The molecule has 0 aromatic carbocycles. The number of fused-ring (bicyclic) bond motifs is 1. The minimum atomic E-state index is 0.565. The lowest BCUT2D eigenvalue weighted by atomic mass is 10.4. The van der Waals surface area contributed by atoms with Crippen LogP contribution in [-0.2, 0) is 13.6 Å². The van der Waals surface area contributed by atoms with Gasteiger partial charge < -0.3 is 9.88 Å². The molecule has 0 atom stereocenters. The van der Waals surface area contributed by atoms with Crippen LogP contribution < -0.4 is 5.32 Å². The number of rotatable bonds is 4. The molecule has 8 heteroatoms.